The molecule has 0 radical (unpaired) electrons. The molecule has 624 valence electrons. The SMILES string of the molecule is O=C1N(Cc2ccccc2)c2c(C(F)(F)F)cccc2[C@@]1(O)c1c[nH]c2ccccc12.O=C1N(Cc2ccccc2)c2c(C(F)(F)F)cccc2[C@@]1(O)c1c[nH]c2ccccc12.O=C1N(Cc2ccccc2)c2c(C(F)(F)F)cccc2[C@]1(O)c1c[nH]c2ccccc12.O=C1N(Cc2ccccc2)c2c(C(F)(F)F)cccc2[C@]1(O)c1c[nH]c2ccccc12. The molecule has 0 aliphatic carbocycles. The van der Waals surface area contributed by atoms with E-state index in [-0.39, 0.29) is 93.4 Å². The summed E-state index contributed by atoms with van der Waals surface area (Å²) in [5, 5.41) is 49.2. The molecular formula is C96H68F12N8O8. The number of hydrogen-bond donors (Lipinski definition) is 8. The molecule has 0 saturated heterocycles. The van der Waals surface area contributed by atoms with Crippen molar-refractivity contribution in [3.8, 4) is 0 Å². The van der Waals surface area contributed by atoms with Gasteiger partial charge in [-0.25, -0.2) is 0 Å². The van der Waals surface area contributed by atoms with Crippen LogP contribution >= 0.6 is 0 Å². The number of carbonyl (C=O) groups excluding carboxylic acids is 4. The zero-order valence-corrected chi connectivity index (χ0v) is 64.6. The molecule has 12 aromatic carbocycles. The Kier molecular flexibility index (Phi) is 20.5. The van der Waals surface area contributed by atoms with E-state index in [2.05, 4.69) is 19.9 Å². The minimum Gasteiger partial charge on any atom is -0.372 e. The number of aliphatic hydroxyl groups is 4. The second-order valence-electron chi connectivity index (χ2n) is 30.1. The van der Waals surface area contributed by atoms with E-state index in [9.17, 15) is 92.3 Å². The lowest BCUT2D eigenvalue weighted by atomic mass is 9.86. The highest BCUT2D eigenvalue weighted by atomic mass is 19.4. The number of para-hydroxylation sites is 8. The van der Waals surface area contributed by atoms with Crippen molar-refractivity contribution in [1.29, 1.82) is 0 Å². The van der Waals surface area contributed by atoms with Crippen LogP contribution in [0.4, 0.5) is 75.4 Å². The van der Waals surface area contributed by atoms with E-state index < -0.39 is 93.0 Å². The van der Waals surface area contributed by atoms with Crippen molar-refractivity contribution < 1.29 is 92.3 Å². The van der Waals surface area contributed by atoms with Crippen molar-refractivity contribution in [2.75, 3.05) is 19.6 Å². The summed E-state index contributed by atoms with van der Waals surface area (Å²) in [7, 11) is 0. The van der Waals surface area contributed by atoms with Crippen LogP contribution in [0.2, 0.25) is 0 Å². The van der Waals surface area contributed by atoms with E-state index in [1.165, 1.54) is 73.3 Å². The molecule has 20 rings (SSSR count). The second-order valence-corrected chi connectivity index (χ2v) is 30.1. The average molecular weight is 1690 g/mol. The molecule has 124 heavy (non-hydrogen) atoms. The first-order valence-electron chi connectivity index (χ1n) is 38.7. The zero-order valence-electron chi connectivity index (χ0n) is 64.6. The van der Waals surface area contributed by atoms with E-state index in [0.717, 1.165) is 43.9 Å². The molecule has 16 aromatic rings. The molecule has 0 bridgehead atoms. The quantitative estimate of drug-likeness (QED) is 0.0548. The Balaban J connectivity index is 0.000000117. The monoisotopic (exact) mass is 1690 g/mol. The van der Waals surface area contributed by atoms with Crippen LogP contribution in [0.3, 0.4) is 0 Å². The summed E-state index contributed by atoms with van der Waals surface area (Å²) in [6, 6.07) is 77.3. The van der Waals surface area contributed by atoms with Crippen LogP contribution in [0.5, 0.6) is 0 Å². The fraction of sp³-hybridized carbons (Fsp3) is 0.125. The van der Waals surface area contributed by atoms with E-state index >= 15 is 0 Å². The first-order valence-corrected chi connectivity index (χ1v) is 38.7. The van der Waals surface area contributed by atoms with Gasteiger partial charge in [0.15, 0.2) is 22.4 Å². The molecule has 4 aromatic heterocycles. The number of aromatic nitrogens is 4. The first kappa shape index (κ1) is 82.0. The van der Waals surface area contributed by atoms with Crippen LogP contribution in [-0.2, 0) is 92.5 Å². The minimum atomic E-state index is -4.69. The normalized spacial score (nSPS) is 18.6. The molecule has 0 spiro atoms. The number of rotatable bonds is 12. The Morgan fingerprint density at radius 2 is 0.403 bits per heavy atom. The predicted molar refractivity (Wildman–Crippen MR) is 441 cm³/mol. The summed E-state index contributed by atoms with van der Waals surface area (Å²) in [6.07, 6.45) is -12.8. The lowest BCUT2D eigenvalue weighted by molar-refractivity contribution is -0.138. The number of fused-ring (bicyclic) bond motifs is 8. The Morgan fingerprint density at radius 1 is 0.226 bits per heavy atom. The van der Waals surface area contributed by atoms with Crippen molar-refractivity contribution >= 4 is 90.0 Å². The molecule has 16 nitrogen and oxygen atoms in total. The number of nitrogens with one attached hydrogen (secondary N) is 4. The van der Waals surface area contributed by atoms with Crippen LogP contribution in [0, 0.1) is 0 Å². The van der Waals surface area contributed by atoms with Gasteiger partial charge in [0.25, 0.3) is 23.6 Å². The van der Waals surface area contributed by atoms with Gasteiger partial charge in [-0.1, -0.05) is 243 Å². The van der Waals surface area contributed by atoms with Crippen LogP contribution < -0.4 is 19.6 Å². The second kappa shape index (κ2) is 31.0. The number of benzene rings is 12. The Morgan fingerprint density at radius 3 is 0.589 bits per heavy atom. The van der Waals surface area contributed by atoms with Gasteiger partial charge in [0, 0.05) is 113 Å². The summed E-state index contributed by atoms with van der Waals surface area (Å²) in [5.74, 6) is -3.25. The molecule has 4 aliphatic heterocycles. The van der Waals surface area contributed by atoms with E-state index in [1.54, 1.807) is 218 Å². The minimum absolute atomic E-state index is 0.0759. The number of carbonyl (C=O) groups is 4. The summed E-state index contributed by atoms with van der Waals surface area (Å²) in [4.78, 5) is 70.6. The van der Waals surface area contributed by atoms with Gasteiger partial charge in [0.1, 0.15) is 0 Å². The maximum Gasteiger partial charge on any atom is 0.418 e. The van der Waals surface area contributed by atoms with E-state index in [0.29, 0.717) is 65.9 Å². The van der Waals surface area contributed by atoms with Crippen molar-refractivity contribution in [2.45, 2.75) is 73.3 Å². The smallest absolute Gasteiger partial charge is 0.372 e. The molecule has 4 aliphatic rings. The van der Waals surface area contributed by atoms with Gasteiger partial charge < -0.3 is 60.0 Å². The van der Waals surface area contributed by atoms with Gasteiger partial charge >= 0.3 is 24.7 Å². The largest absolute Gasteiger partial charge is 0.418 e. The van der Waals surface area contributed by atoms with Crippen LogP contribution in [0.1, 0.15) is 89.0 Å². The van der Waals surface area contributed by atoms with Gasteiger partial charge in [0.2, 0.25) is 0 Å². The molecule has 8 N–H and O–H groups in total. The van der Waals surface area contributed by atoms with Crippen molar-refractivity contribution in [3.63, 3.8) is 0 Å². The third-order valence-electron chi connectivity index (χ3n) is 22.9. The fourth-order valence-corrected chi connectivity index (χ4v) is 17.3. The summed E-state index contributed by atoms with van der Waals surface area (Å²) >= 11 is 0. The van der Waals surface area contributed by atoms with Gasteiger partial charge in [-0.3, -0.25) is 19.2 Å². The highest BCUT2D eigenvalue weighted by molar-refractivity contribution is 6.15. The van der Waals surface area contributed by atoms with Gasteiger partial charge in [0.05, 0.1) is 71.2 Å². The van der Waals surface area contributed by atoms with E-state index in [1.807, 2.05) is 0 Å². The predicted octanol–water partition coefficient (Wildman–Crippen LogP) is 19.9. The molecule has 0 fully saturated rings. The maximum absolute atomic E-state index is 13.9. The average Bonchev–Trinajstić information content (AvgIpc) is 1.57. The number of halogens is 12. The molecule has 28 heteroatoms. The van der Waals surface area contributed by atoms with Crippen molar-refractivity contribution in [2.24, 2.45) is 0 Å². The van der Waals surface area contributed by atoms with Crippen molar-refractivity contribution in [3.05, 3.63) is 405 Å². The number of amides is 4. The number of H-pyrrole nitrogens is 4. The van der Waals surface area contributed by atoms with E-state index in [4.69, 9.17) is 0 Å². The lowest BCUT2D eigenvalue weighted by Crippen LogP contribution is -2.41. The Hall–Kier alpha value is -14.3. The summed E-state index contributed by atoms with van der Waals surface area (Å²) < 4.78 is 167. The maximum atomic E-state index is 13.9. The number of nitrogens with zero attached hydrogens (tertiary/aromatic N) is 4. The third-order valence-corrected chi connectivity index (χ3v) is 22.9. The van der Waals surface area contributed by atoms with Gasteiger partial charge in [-0.15, -0.1) is 0 Å². The molecule has 4 amide bonds. The molecule has 0 unspecified atom stereocenters. The van der Waals surface area contributed by atoms with Crippen LogP contribution in [0.25, 0.3) is 43.6 Å². The lowest BCUT2D eigenvalue weighted by Gasteiger charge is -2.23. The summed E-state index contributed by atoms with van der Waals surface area (Å²) in [5.41, 5.74) is -8.11. The Bertz CT molecular complexity index is 6000. The molecule has 8 heterocycles. The highest BCUT2D eigenvalue weighted by Crippen LogP contribution is 2.57. The van der Waals surface area contributed by atoms with Gasteiger partial charge in [-0.2, -0.15) is 52.7 Å². The topological polar surface area (TPSA) is 225 Å². The van der Waals surface area contributed by atoms with Crippen LogP contribution in [-0.4, -0.2) is 64.0 Å². The number of aromatic amines is 4. The van der Waals surface area contributed by atoms with Crippen LogP contribution in [0.15, 0.2) is 316 Å². The standard InChI is InChI=1S/4C24H17F3N2O2/c4*25-24(26,27)18-11-6-10-17-21(18)29(14-15-7-2-1-3-8-15)22(30)23(17,31)19-13-28-20-12-5-4-9-16(19)20/h4*1-13,28,31H,14H2/t4*23-/m1100/s1. The molecular weight excluding hydrogens is 1620 g/mol. The first-order chi connectivity index (χ1) is 59.3. The molecule has 4 atom stereocenters. The fourth-order valence-electron chi connectivity index (χ4n) is 17.3. The number of anilines is 4. The number of hydrogen-bond acceptors (Lipinski definition) is 8. The van der Waals surface area contributed by atoms with Crippen molar-refractivity contribution in [1.82, 2.24) is 19.9 Å². The molecule has 0 saturated carbocycles. The Labute approximate surface area is 696 Å². The summed E-state index contributed by atoms with van der Waals surface area (Å²) in [6.45, 7) is -0.371. The zero-order chi connectivity index (χ0) is 87.2. The number of alkyl halides is 12. The third kappa shape index (κ3) is 13.8. The highest BCUT2D eigenvalue weighted by Gasteiger charge is 2.60. The van der Waals surface area contributed by atoms with Gasteiger partial charge in [-0.05, 0) is 70.8 Å².